The van der Waals surface area contributed by atoms with Gasteiger partial charge in [0.15, 0.2) is 6.29 Å². The smallest absolute Gasteiger partial charge is 0.171 e. The summed E-state index contributed by atoms with van der Waals surface area (Å²) in [6.45, 7) is 0. The van der Waals surface area contributed by atoms with E-state index in [1.807, 2.05) is 0 Å². The summed E-state index contributed by atoms with van der Waals surface area (Å²) in [7, 11) is 0. The Morgan fingerprint density at radius 3 is 2.08 bits per heavy atom. The summed E-state index contributed by atoms with van der Waals surface area (Å²) in [4.78, 5) is 0. The molecule has 0 spiro atoms. The molecule has 4 heteroatoms. The molecule has 0 saturated heterocycles. The number of halogens is 1. The average molecular weight is 171 g/mol. The van der Waals surface area contributed by atoms with Crippen molar-refractivity contribution in [3.8, 4) is 0 Å². The normalized spacial score (nSPS) is 13.4. The number of aliphatic hydroxyl groups excluding tert-OH is 1. The summed E-state index contributed by atoms with van der Waals surface area (Å²) in [5.41, 5.74) is 5.86. The third-order valence-corrected chi connectivity index (χ3v) is 1.58. The second-order valence-corrected chi connectivity index (χ2v) is 2.49. The maximum absolute atomic E-state index is 12.4. The average Bonchev–Trinajstić information content (AvgIpc) is 2.04. The number of benzene rings is 1. The maximum Gasteiger partial charge on any atom is 0.171 e. The molecular formula is C8H10FNO2. The van der Waals surface area contributed by atoms with E-state index < -0.39 is 12.3 Å². The Kier molecular flexibility index (Phi) is 2.75. The van der Waals surface area contributed by atoms with Gasteiger partial charge in [0, 0.05) is 0 Å². The molecule has 4 N–H and O–H groups in total. The van der Waals surface area contributed by atoms with Gasteiger partial charge in [-0.3, -0.25) is 0 Å². The van der Waals surface area contributed by atoms with Crippen LogP contribution in [0.1, 0.15) is 11.6 Å². The highest BCUT2D eigenvalue weighted by Gasteiger charge is 2.12. The number of hydrogen-bond donors (Lipinski definition) is 3. The minimum atomic E-state index is -1.62. The molecule has 1 aromatic rings. The van der Waals surface area contributed by atoms with Gasteiger partial charge in [-0.2, -0.15) is 0 Å². The fourth-order valence-corrected chi connectivity index (χ4v) is 0.857. The van der Waals surface area contributed by atoms with E-state index in [1.54, 1.807) is 0 Å². The standard InChI is InChI=1S/C8H10FNO2/c9-6-3-1-5(2-4-6)7(10)8(11)12/h1-4,7-8,11-12H,10H2. The van der Waals surface area contributed by atoms with Crippen LogP contribution in [-0.4, -0.2) is 16.5 Å². The Balaban J connectivity index is 2.82. The Bertz CT molecular complexity index is 248. The predicted octanol–water partition coefficient (Wildman–Crippen LogP) is 0.136. The van der Waals surface area contributed by atoms with Crippen molar-refractivity contribution in [1.29, 1.82) is 0 Å². The Morgan fingerprint density at radius 2 is 1.67 bits per heavy atom. The molecule has 1 rings (SSSR count). The molecule has 0 radical (unpaired) electrons. The summed E-state index contributed by atoms with van der Waals surface area (Å²) in [5, 5.41) is 17.4. The van der Waals surface area contributed by atoms with E-state index in [4.69, 9.17) is 15.9 Å². The fraction of sp³-hybridized carbons (Fsp3) is 0.250. The fourth-order valence-electron chi connectivity index (χ4n) is 0.857. The monoisotopic (exact) mass is 171 g/mol. The van der Waals surface area contributed by atoms with E-state index in [-0.39, 0.29) is 5.82 Å². The van der Waals surface area contributed by atoms with Gasteiger partial charge in [-0.05, 0) is 17.7 Å². The molecule has 12 heavy (non-hydrogen) atoms. The zero-order valence-electron chi connectivity index (χ0n) is 6.31. The van der Waals surface area contributed by atoms with E-state index in [0.29, 0.717) is 5.56 Å². The van der Waals surface area contributed by atoms with Crippen LogP contribution >= 0.6 is 0 Å². The van der Waals surface area contributed by atoms with Crippen molar-refractivity contribution in [3.05, 3.63) is 35.6 Å². The van der Waals surface area contributed by atoms with Gasteiger partial charge >= 0.3 is 0 Å². The number of rotatable bonds is 2. The highest BCUT2D eigenvalue weighted by Crippen LogP contribution is 2.12. The summed E-state index contributed by atoms with van der Waals surface area (Å²) in [5.74, 6) is -0.377. The molecule has 3 nitrogen and oxygen atoms in total. The molecule has 0 fully saturated rings. The molecule has 1 atom stereocenters. The van der Waals surface area contributed by atoms with Crippen LogP contribution in [-0.2, 0) is 0 Å². The number of hydrogen-bond acceptors (Lipinski definition) is 3. The highest BCUT2D eigenvalue weighted by atomic mass is 19.1. The van der Waals surface area contributed by atoms with E-state index in [0.717, 1.165) is 0 Å². The van der Waals surface area contributed by atoms with Crippen molar-refractivity contribution < 1.29 is 14.6 Å². The lowest BCUT2D eigenvalue weighted by Gasteiger charge is -2.13. The SMILES string of the molecule is NC(c1ccc(F)cc1)C(O)O. The molecule has 0 aliphatic carbocycles. The lowest BCUT2D eigenvalue weighted by molar-refractivity contribution is -0.0589. The van der Waals surface area contributed by atoms with E-state index >= 15 is 0 Å². The van der Waals surface area contributed by atoms with Gasteiger partial charge in [0.25, 0.3) is 0 Å². The summed E-state index contributed by atoms with van der Waals surface area (Å²) in [6, 6.07) is 4.39. The summed E-state index contributed by atoms with van der Waals surface area (Å²) in [6.07, 6.45) is -1.62. The van der Waals surface area contributed by atoms with Gasteiger partial charge in [0.05, 0.1) is 6.04 Å². The summed E-state index contributed by atoms with van der Waals surface area (Å²) < 4.78 is 12.4. The molecule has 0 aliphatic heterocycles. The minimum Gasteiger partial charge on any atom is -0.366 e. The third-order valence-electron chi connectivity index (χ3n) is 1.58. The van der Waals surface area contributed by atoms with Crippen molar-refractivity contribution in [1.82, 2.24) is 0 Å². The van der Waals surface area contributed by atoms with E-state index in [9.17, 15) is 4.39 Å². The third kappa shape index (κ3) is 2.01. The van der Waals surface area contributed by atoms with Crippen molar-refractivity contribution in [2.45, 2.75) is 12.3 Å². The Morgan fingerprint density at radius 1 is 1.17 bits per heavy atom. The molecule has 0 saturated carbocycles. The molecule has 0 bridgehead atoms. The number of aliphatic hydroxyl groups is 2. The maximum atomic E-state index is 12.4. The first kappa shape index (κ1) is 9.12. The van der Waals surface area contributed by atoms with Crippen LogP contribution in [0.3, 0.4) is 0 Å². The second kappa shape index (κ2) is 3.62. The Hall–Kier alpha value is -0.970. The quantitative estimate of drug-likeness (QED) is 0.554. The largest absolute Gasteiger partial charge is 0.366 e. The van der Waals surface area contributed by atoms with Crippen LogP contribution < -0.4 is 5.73 Å². The van der Waals surface area contributed by atoms with Gasteiger partial charge in [-0.25, -0.2) is 4.39 Å². The van der Waals surface area contributed by atoms with Gasteiger partial charge in [0.2, 0.25) is 0 Å². The first-order chi connectivity index (χ1) is 5.61. The number of nitrogens with two attached hydrogens (primary N) is 1. The lowest BCUT2D eigenvalue weighted by Crippen LogP contribution is -2.25. The van der Waals surface area contributed by atoms with Crippen LogP contribution in [0.2, 0.25) is 0 Å². The molecule has 0 amide bonds. The van der Waals surface area contributed by atoms with Crippen molar-refractivity contribution in [3.63, 3.8) is 0 Å². The minimum absolute atomic E-state index is 0.377. The van der Waals surface area contributed by atoms with E-state index in [2.05, 4.69) is 0 Å². The molecular weight excluding hydrogens is 161 g/mol. The molecule has 1 unspecified atom stereocenters. The first-order valence-corrected chi connectivity index (χ1v) is 3.48. The zero-order valence-corrected chi connectivity index (χ0v) is 6.31. The van der Waals surface area contributed by atoms with Gasteiger partial charge in [0.1, 0.15) is 5.82 Å². The molecule has 1 aromatic carbocycles. The van der Waals surface area contributed by atoms with Crippen LogP contribution in [0, 0.1) is 5.82 Å². The molecule has 0 heterocycles. The predicted molar refractivity (Wildman–Crippen MR) is 41.6 cm³/mol. The van der Waals surface area contributed by atoms with Crippen molar-refractivity contribution >= 4 is 0 Å². The topological polar surface area (TPSA) is 66.5 Å². The van der Waals surface area contributed by atoms with Crippen LogP contribution in [0.5, 0.6) is 0 Å². The lowest BCUT2D eigenvalue weighted by atomic mass is 10.1. The molecule has 0 aliphatic rings. The van der Waals surface area contributed by atoms with Gasteiger partial charge in [-0.1, -0.05) is 12.1 Å². The van der Waals surface area contributed by atoms with Crippen LogP contribution in [0.4, 0.5) is 4.39 Å². The highest BCUT2D eigenvalue weighted by molar-refractivity contribution is 5.19. The van der Waals surface area contributed by atoms with Gasteiger partial charge in [-0.15, -0.1) is 0 Å². The second-order valence-electron chi connectivity index (χ2n) is 2.49. The Labute approximate surface area is 69.3 Å². The molecule has 0 aromatic heterocycles. The van der Waals surface area contributed by atoms with E-state index in [1.165, 1.54) is 24.3 Å². The van der Waals surface area contributed by atoms with Crippen LogP contribution in [0.25, 0.3) is 0 Å². The summed E-state index contributed by atoms with van der Waals surface area (Å²) >= 11 is 0. The van der Waals surface area contributed by atoms with Gasteiger partial charge < -0.3 is 15.9 Å². The van der Waals surface area contributed by atoms with Crippen LogP contribution in [0.15, 0.2) is 24.3 Å². The first-order valence-electron chi connectivity index (χ1n) is 3.48. The molecule has 66 valence electrons. The van der Waals surface area contributed by atoms with Crippen molar-refractivity contribution in [2.75, 3.05) is 0 Å². The van der Waals surface area contributed by atoms with Crippen molar-refractivity contribution in [2.24, 2.45) is 5.73 Å². The zero-order chi connectivity index (χ0) is 9.14.